The minimum absolute atomic E-state index is 0.0706. The normalized spacial score (nSPS) is 18.4. The molecule has 1 unspecified atom stereocenters. The molecule has 138 valence electrons. The summed E-state index contributed by atoms with van der Waals surface area (Å²) in [5.74, 6) is -1.03. The van der Waals surface area contributed by atoms with Gasteiger partial charge in [0.15, 0.2) is 0 Å². The Kier molecular flexibility index (Phi) is 4.62. The van der Waals surface area contributed by atoms with Gasteiger partial charge in [0, 0.05) is 22.5 Å². The quantitative estimate of drug-likeness (QED) is 0.624. The van der Waals surface area contributed by atoms with Gasteiger partial charge in [-0.2, -0.15) is 0 Å². The number of carbonyl (C=O) groups excluding carboxylic acids is 1. The van der Waals surface area contributed by atoms with Gasteiger partial charge in [-0.05, 0) is 53.6 Å². The zero-order valence-corrected chi connectivity index (χ0v) is 15.3. The number of hydrogen-bond acceptors (Lipinski definition) is 2. The maximum Gasteiger partial charge on any atom is 0.303 e. The van der Waals surface area contributed by atoms with E-state index in [1.54, 1.807) is 18.2 Å². The summed E-state index contributed by atoms with van der Waals surface area (Å²) >= 11 is 5.99. The number of aliphatic carboxylic acids is 1. The van der Waals surface area contributed by atoms with Crippen LogP contribution in [0.4, 0.5) is 0 Å². The summed E-state index contributed by atoms with van der Waals surface area (Å²) in [5.41, 5.74) is 3.57. The first-order chi connectivity index (χ1) is 13.0. The molecule has 5 nitrogen and oxygen atoms in total. The van der Waals surface area contributed by atoms with E-state index in [-0.39, 0.29) is 24.2 Å². The summed E-state index contributed by atoms with van der Waals surface area (Å²) in [6, 6.07) is 15.1. The second-order valence-corrected chi connectivity index (χ2v) is 7.43. The van der Waals surface area contributed by atoms with E-state index in [2.05, 4.69) is 10.3 Å². The van der Waals surface area contributed by atoms with E-state index in [9.17, 15) is 14.7 Å². The van der Waals surface area contributed by atoms with Crippen molar-refractivity contribution in [1.82, 2.24) is 10.3 Å². The van der Waals surface area contributed by atoms with Crippen LogP contribution in [0.2, 0.25) is 5.02 Å². The number of amides is 1. The van der Waals surface area contributed by atoms with Gasteiger partial charge in [0.1, 0.15) is 5.69 Å². The van der Waals surface area contributed by atoms with E-state index < -0.39 is 5.97 Å². The number of H-pyrrole nitrogens is 1. The summed E-state index contributed by atoms with van der Waals surface area (Å²) in [4.78, 5) is 27.0. The lowest BCUT2D eigenvalue weighted by Gasteiger charge is -2.19. The first-order valence-electron chi connectivity index (χ1n) is 8.87. The smallest absolute Gasteiger partial charge is 0.303 e. The molecule has 1 aromatic heterocycles. The van der Waals surface area contributed by atoms with Crippen LogP contribution in [0.1, 0.15) is 34.0 Å². The zero-order chi connectivity index (χ0) is 19.0. The molecule has 0 saturated carbocycles. The van der Waals surface area contributed by atoms with Crippen LogP contribution < -0.4 is 5.32 Å². The van der Waals surface area contributed by atoms with Crippen LogP contribution in [0.5, 0.6) is 0 Å². The maximum atomic E-state index is 12.6. The number of rotatable bonds is 5. The number of aromatic amines is 1. The van der Waals surface area contributed by atoms with Crippen molar-refractivity contribution in [3.05, 3.63) is 70.4 Å². The summed E-state index contributed by atoms with van der Waals surface area (Å²) in [6.07, 6.45) is 0.846. The van der Waals surface area contributed by atoms with E-state index >= 15 is 0 Å². The van der Waals surface area contributed by atoms with Gasteiger partial charge in [0.2, 0.25) is 0 Å². The molecule has 0 aliphatic heterocycles. The third kappa shape index (κ3) is 3.55. The number of carboxylic acids is 1. The van der Waals surface area contributed by atoms with Gasteiger partial charge in [-0.1, -0.05) is 35.9 Å². The number of halogens is 1. The predicted molar refractivity (Wildman–Crippen MR) is 104 cm³/mol. The van der Waals surface area contributed by atoms with Crippen LogP contribution in [-0.4, -0.2) is 28.5 Å². The molecule has 2 aromatic carbocycles. The van der Waals surface area contributed by atoms with Crippen LogP contribution >= 0.6 is 11.6 Å². The molecule has 0 radical (unpaired) electrons. The monoisotopic (exact) mass is 382 g/mol. The van der Waals surface area contributed by atoms with Crippen molar-refractivity contribution in [2.75, 3.05) is 6.54 Å². The van der Waals surface area contributed by atoms with Gasteiger partial charge in [0.25, 0.3) is 5.91 Å². The molecule has 3 aromatic rings. The Labute approximate surface area is 161 Å². The summed E-state index contributed by atoms with van der Waals surface area (Å²) in [7, 11) is 0. The number of aromatic nitrogens is 1. The van der Waals surface area contributed by atoms with E-state index in [0.717, 1.165) is 22.9 Å². The third-order valence-electron chi connectivity index (χ3n) is 5.25. The molecule has 0 spiro atoms. The number of benzene rings is 2. The lowest BCUT2D eigenvalue weighted by atomic mass is 9.89. The Morgan fingerprint density at radius 1 is 1.19 bits per heavy atom. The Bertz CT molecular complexity index is 1030. The largest absolute Gasteiger partial charge is 0.481 e. The van der Waals surface area contributed by atoms with Crippen molar-refractivity contribution >= 4 is 34.4 Å². The Morgan fingerprint density at radius 3 is 2.81 bits per heavy atom. The number of nitrogens with one attached hydrogen (secondary N) is 2. The molecule has 3 N–H and O–H groups in total. The van der Waals surface area contributed by atoms with Crippen LogP contribution in [0.15, 0.2) is 48.5 Å². The van der Waals surface area contributed by atoms with Crippen molar-refractivity contribution in [3.63, 3.8) is 0 Å². The summed E-state index contributed by atoms with van der Waals surface area (Å²) in [5, 5.41) is 13.7. The first kappa shape index (κ1) is 17.6. The fourth-order valence-electron chi connectivity index (χ4n) is 3.98. The van der Waals surface area contributed by atoms with E-state index in [1.165, 1.54) is 5.56 Å². The molecule has 27 heavy (non-hydrogen) atoms. The van der Waals surface area contributed by atoms with Gasteiger partial charge in [-0.15, -0.1) is 0 Å². The van der Waals surface area contributed by atoms with Crippen molar-refractivity contribution in [2.24, 2.45) is 5.92 Å². The second-order valence-electron chi connectivity index (χ2n) is 6.99. The topological polar surface area (TPSA) is 82.2 Å². The molecule has 1 heterocycles. The van der Waals surface area contributed by atoms with E-state index in [4.69, 9.17) is 11.6 Å². The van der Waals surface area contributed by atoms with Crippen molar-refractivity contribution in [3.8, 4) is 0 Å². The second kappa shape index (κ2) is 7.08. The molecule has 1 amide bonds. The van der Waals surface area contributed by atoms with Crippen LogP contribution in [0.25, 0.3) is 10.9 Å². The van der Waals surface area contributed by atoms with Crippen molar-refractivity contribution in [2.45, 2.75) is 18.8 Å². The molecule has 2 atom stereocenters. The molecular weight excluding hydrogens is 364 g/mol. The molecular formula is C21H19ClN2O3. The predicted octanol–water partition coefficient (Wildman–Crippen LogP) is 3.98. The maximum absolute atomic E-state index is 12.6. The molecule has 0 fully saturated rings. The average Bonchev–Trinajstić information content (AvgIpc) is 3.21. The van der Waals surface area contributed by atoms with Crippen LogP contribution in [0, 0.1) is 5.92 Å². The number of fused-ring (bicyclic) bond motifs is 2. The molecule has 1 aliphatic carbocycles. The fraction of sp³-hybridized carbons (Fsp3) is 0.238. The highest BCUT2D eigenvalue weighted by molar-refractivity contribution is 6.31. The van der Waals surface area contributed by atoms with Crippen molar-refractivity contribution < 1.29 is 14.7 Å². The standard InChI is InChI=1S/C21H19ClN2O3/c22-15-5-6-18-13(8-15)9-19(24-18)21(27)23-11-14-7-12-3-1-2-4-16(12)17(14)10-20(25)26/h1-6,8-9,14,17,24H,7,10-11H2,(H,23,27)(H,25,26)/t14?,17-/m0/s1. The van der Waals surface area contributed by atoms with Gasteiger partial charge < -0.3 is 15.4 Å². The van der Waals surface area contributed by atoms with Gasteiger partial charge >= 0.3 is 5.97 Å². The zero-order valence-electron chi connectivity index (χ0n) is 14.5. The lowest BCUT2D eigenvalue weighted by Crippen LogP contribution is -2.31. The van der Waals surface area contributed by atoms with Crippen molar-refractivity contribution in [1.29, 1.82) is 0 Å². The number of carbonyl (C=O) groups is 2. The Morgan fingerprint density at radius 2 is 2.00 bits per heavy atom. The molecule has 6 heteroatoms. The van der Waals surface area contributed by atoms with Gasteiger partial charge in [0.05, 0.1) is 6.42 Å². The summed E-state index contributed by atoms with van der Waals surface area (Å²) < 4.78 is 0. The van der Waals surface area contributed by atoms with Gasteiger partial charge in [-0.25, -0.2) is 0 Å². The minimum atomic E-state index is -0.819. The highest BCUT2D eigenvalue weighted by Crippen LogP contribution is 2.39. The Balaban J connectivity index is 1.48. The van der Waals surface area contributed by atoms with Crippen LogP contribution in [0.3, 0.4) is 0 Å². The summed E-state index contributed by atoms with van der Waals surface area (Å²) in [6.45, 7) is 0.432. The molecule has 0 bridgehead atoms. The number of hydrogen-bond donors (Lipinski definition) is 3. The minimum Gasteiger partial charge on any atom is -0.481 e. The average molecular weight is 383 g/mol. The van der Waals surface area contributed by atoms with E-state index in [1.807, 2.05) is 30.3 Å². The molecule has 1 aliphatic rings. The highest BCUT2D eigenvalue weighted by atomic mass is 35.5. The van der Waals surface area contributed by atoms with Crippen LogP contribution in [-0.2, 0) is 11.2 Å². The third-order valence-corrected chi connectivity index (χ3v) is 5.49. The fourth-order valence-corrected chi connectivity index (χ4v) is 4.17. The molecule has 4 rings (SSSR count). The molecule has 0 saturated heterocycles. The van der Waals surface area contributed by atoms with E-state index in [0.29, 0.717) is 17.3 Å². The SMILES string of the molecule is O=C(O)C[C@@H]1c2ccccc2CC1CNC(=O)c1cc2cc(Cl)ccc2[nH]1. The lowest BCUT2D eigenvalue weighted by molar-refractivity contribution is -0.137. The number of carboxylic acid groups (broad SMARTS) is 1. The highest BCUT2D eigenvalue weighted by Gasteiger charge is 2.33. The Hall–Kier alpha value is -2.79. The van der Waals surface area contributed by atoms with Gasteiger partial charge in [-0.3, -0.25) is 9.59 Å². The first-order valence-corrected chi connectivity index (χ1v) is 9.25.